The first-order chi connectivity index (χ1) is 12.8. The Morgan fingerprint density at radius 2 is 2.07 bits per heavy atom. The molecule has 3 rings (SSSR count). The Balaban J connectivity index is 1.61. The van der Waals surface area contributed by atoms with E-state index in [0.717, 1.165) is 11.4 Å². The maximum absolute atomic E-state index is 13.7. The van der Waals surface area contributed by atoms with Crippen molar-refractivity contribution in [3.8, 4) is 0 Å². The highest BCUT2D eigenvalue weighted by molar-refractivity contribution is 6.31. The summed E-state index contributed by atoms with van der Waals surface area (Å²) in [5.41, 5.74) is 2.69. The average Bonchev–Trinajstić information content (AvgIpc) is 3.17. The number of amides is 1. The number of carbonyl (C=O) groups excluding carboxylic acids is 1. The van der Waals surface area contributed by atoms with Crippen molar-refractivity contribution in [2.75, 3.05) is 5.32 Å². The zero-order valence-electron chi connectivity index (χ0n) is 15.4. The van der Waals surface area contributed by atoms with E-state index in [4.69, 9.17) is 11.6 Å². The van der Waals surface area contributed by atoms with Crippen LogP contribution in [0.4, 0.5) is 10.1 Å². The fraction of sp³-hybridized carbons (Fsp3) is 0.316. The van der Waals surface area contributed by atoms with Gasteiger partial charge in [-0.2, -0.15) is 10.2 Å². The molecule has 142 valence electrons. The van der Waals surface area contributed by atoms with Gasteiger partial charge in [0.25, 0.3) is 0 Å². The molecule has 6 nitrogen and oxygen atoms in total. The number of halogens is 2. The lowest BCUT2D eigenvalue weighted by molar-refractivity contribution is -0.119. The van der Waals surface area contributed by atoms with Gasteiger partial charge in [-0.3, -0.25) is 14.2 Å². The normalized spacial score (nSPS) is 12.2. The second kappa shape index (κ2) is 7.92. The molecule has 0 fully saturated rings. The van der Waals surface area contributed by atoms with Crippen molar-refractivity contribution in [3.63, 3.8) is 0 Å². The molecule has 3 aromatic rings. The number of aromatic nitrogens is 4. The second-order valence-electron chi connectivity index (χ2n) is 6.58. The lowest BCUT2D eigenvalue weighted by Gasteiger charge is -2.12. The third-order valence-corrected chi connectivity index (χ3v) is 4.93. The van der Waals surface area contributed by atoms with E-state index in [-0.39, 0.29) is 17.6 Å². The van der Waals surface area contributed by atoms with E-state index in [9.17, 15) is 9.18 Å². The van der Waals surface area contributed by atoms with Gasteiger partial charge < -0.3 is 5.32 Å². The molecule has 1 aromatic carbocycles. The zero-order chi connectivity index (χ0) is 19.6. The second-order valence-corrected chi connectivity index (χ2v) is 6.95. The van der Waals surface area contributed by atoms with Crippen LogP contribution < -0.4 is 5.32 Å². The van der Waals surface area contributed by atoms with Crippen molar-refractivity contribution in [1.82, 2.24) is 19.6 Å². The molecule has 0 aliphatic heterocycles. The first-order valence-electron chi connectivity index (χ1n) is 8.61. The molecule has 0 aliphatic carbocycles. The molecular formula is C19H21ClFN5O. The van der Waals surface area contributed by atoms with E-state index in [2.05, 4.69) is 15.5 Å². The molecule has 2 heterocycles. The van der Waals surface area contributed by atoms with E-state index in [0.29, 0.717) is 29.4 Å². The highest BCUT2D eigenvalue weighted by atomic mass is 35.5. The Hall–Kier alpha value is -2.67. The molecule has 1 atom stereocenters. The highest BCUT2D eigenvalue weighted by Gasteiger charge is 2.18. The van der Waals surface area contributed by atoms with E-state index >= 15 is 0 Å². The van der Waals surface area contributed by atoms with Crippen LogP contribution in [0.3, 0.4) is 0 Å². The fourth-order valence-corrected chi connectivity index (χ4v) is 2.91. The Morgan fingerprint density at radius 1 is 1.33 bits per heavy atom. The summed E-state index contributed by atoms with van der Waals surface area (Å²) in [6.07, 6.45) is 3.23. The van der Waals surface area contributed by atoms with Crippen molar-refractivity contribution in [3.05, 3.63) is 64.5 Å². The minimum atomic E-state index is -0.311. The number of rotatable bonds is 6. The van der Waals surface area contributed by atoms with Crippen LogP contribution in [-0.2, 0) is 17.9 Å². The van der Waals surface area contributed by atoms with E-state index < -0.39 is 0 Å². The van der Waals surface area contributed by atoms with Crippen LogP contribution >= 0.6 is 11.6 Å². The van der Waals surface area contributed by atoms with Gasteiger partial charge in [-0.05, 0) is 19.9 Å². The van der Waals surface area contributed by atoms with Crippen LogP contribution in [0.25, 0.3) is 0 Å². The Labute approximate surface area is 161 Å². The van der Waals surface area contributed by atoms with Crippen molar-refractivity contribution in [1.29, 1.82) is 0 Å². The average molecular weight is 390 g/mol. The van der Waals surface area contributed by atoms with Gasteiger partial charge in [-0.1, -0.05) is 36.7 Å². The molecule has 0 saturated heterocycles. The van der Waals surface area contributed by atoms with Crippen LogP contribution in [0.2, 0.25) is 5.02 Å². The molecular weight excluding hydrogens is 369 g/mol. The number of anilines is 1. The summed E-state index contributed by atoms with van der Waals surface area (Å²) in [5.74, 6) is -0.742. The number of carbonyl (C=O) groups is 1. The van der Waals surface area contributed by atoms with Gasteiger partial charge in [0.15, 0.2) is 0 Å². The first-order valence-corrected chi connectivity index (χ1v) is 8.99. The van der Waals surface area contributed by atoms with Crippen molar-refractivity contribution >= 4 is 23.2 Å². The molecule has 0 spiro atoms. The zero-order valence-corrected chi connectivity index (χ0v) is 16.2. The highest BCUT2D eigenvalue weighted by Crippen LogP contribution is 2.20. The molecule has 27 heavy (non-hydrogen) atoms. The standard InChI is InChI=1S/C19H21ClFN5O/c1-12(9-26-14(3)18(20)13(2)24-26)19(27)23-16-8-22-25(11-16)10-15-6-4-5-7-17(15)21/h4-8,11-12H,9-10H2,1-3H3,(H,23,27). The lowest BCUT2D eigenvalue weighted by Crippen LogP contribution is -2.25. The first kappa shape index (κ1) is 19.1. The van der Waals surface area contributed by atoms with E-state index in [1.165, 1.54) is 6.07 Å². The molecule has 0 bridgehead atoms. The molecule has 1 amide bonds. The quantitative estimate of drug-likeness (QED) is 0.697. The summed E-state index contributed by atoms with van der Waals surface area (Å²) in [6.45, 7) is 6.25. The van der Waals surface area contributed by atoms with Gasteiger partial charge in [-0.15, -0.1) is 0 Å². The topological polar surface area (TPSA) is 64.7 Å². The van der Waals surface area contributed by atoms with Crippen molar-refractivity contribution in [2.45, 2.75) is 33.9 Å². The van der Waals surface area contributed by atoms with E-state index in [1.54, 1.807) is 40.0 Å². The minimum absolute atomic E-state index is 0.149. The molecule has 2 aromatic heterocycles. The van der Waals surface area contributed by atoms with Crippen molar-refractivity contribution in [2.24, 2.45) is 5.92 Å². The molecule has 0 saturated carbocycles. The largest absolute Gasteiger partial charge is 0.323 e. The molecule has 8 heteroatoms. The third-order valence-electron chi connectivity index (χ3n) is 4.38. The van der Waals surface area contributed by atoms with Crippen molar-refractivity contribution < 1.29 is 9.18 Å². The van der Waals surface area contributed by atoms with Crippen LogP contribution in [0.15, 0.2) is 36.7 Å². The van der Waals surface area contributed by atoms with Gasteiger partial charge in [-0.25, -0.2) is 4.39 Å². The summed E-state index contributed by atoms with van der Waals surface area (Å²) in [6, 6.07) is 6.54. The summed E-state index contributed by atoms with van der Waals surface area (Å²) >= 11 is 6.15. The smallest absolute Gasteiger partial charge is 0.229 e. The lowest BCUT2D eigenvalue weighted by atomic mass is 10.1. The number of benzene rings is 1. The monoisotopic (exact) mass is 389 g/mol. The fourth-order valence-electron chi connectivity index (χ4n) is 2.78. The number of nitrogens with zero attached hydrogens (tertiary/aromatic N) is 4. The molecule has 1 unspecified atom stereocenters. The summed E-state index contributed by atoms with van der Waals surface area (Å²) in [4.78, 5) is 12.5. The molecule has 0 aliphatic rings. The Morgan fingerprint density at radius 3 is 2.74 bits per heavy atom. The van der Waals surface area contributed by atoms with Gasteiger partial charge in [0, 0.05) is 11.8 Å². The predicted molar refractivity (Wildman–Crippen MR) is 102 cm³/mol. The Bertz CT molecular complexity index is 965. The van der Waals surface area contributed by atoms with Crippen LogP contribution in [-0.4, -0.2) is 25.5 Å². The van der Waals surface area contributed by atoms with Crippen LogP contribution in [0, 0.1) is 25.6 Å². The van der Waals surface area contributed by atoms with Gasteiger partial charge >= 0.3 is 0 Å². The summed E-state index contributed by atoms with van der Waals surface area (Å²) in [5, 5.41) is 12.0. The maximum Gasteiger partial charge on any atom is 0.229 e. The summed E-state index contributed by atoms with van der Waals surface area (Å²) in [7, 11) is 0. The van der Waals surface area contributed by atoms with Crippen LogP contribution in [0.5, 0.6) is 0 Å². The SMILES string of the molecule is Cc1nn(CC(C)C(=O)Nc2cnn(Cc3ccccc3F)c2)c(C)c1Cl. The maximum atomic E-state index is 13.7. The number of hydrogen-bond donors (Lipinski definition) is 1. The number of nitrogens with one attached hydrogen (secondary N) is 1. The predicted octanol–water partition coefficient (Wildman–Crippen LogP) is 3.81. The van der Waals surface area contributed by atoms with Gasteiger partial charge in [0.1, 0.15) is 5.82 Å². The van der Waals surface area contributed by atoms with E-state index in [1.807, 2.05) is 20.8 Å². The molecule has 1 N–H and O–H groups in total. The van der Waals surface area contributed by atoms with Gasteiger partial charge in [0.2, 0.25) is 5.91 Å². The minimum Gasteiger partial charge on any atom is -0.323 e. The number of hydrogen-bond acceptors (Lipinski definition) is 3. The summed E-state index contributed by atoms with van der Waals surface area (Å²) < 4.78 is 17.1. The Kier molecular flexibility index (Phi) is 5.60. The number of aryl methyl sites for hydroxylation is 1. The van der Waals surface area contributed by atoms with Crippen LogP contribution in [0.1, 0.15) is 23.9 Å². The molecule has 0 radical (unpaired) electrons. The third kappa shape index (κ3) is 4.36. The van der Waals surface area contributed by atoms with Gasteiger partial charge in [0.05, 0.1) is 47.3 Å².